The fourth-order valence-electron chi connectivity index (χ4n) is 5.30. The highest BCUT2D eigenvalue weighted by molar-refractivity contribution is 5.66. The van der Waals surface area contributed by atoms with Crippen LogP contribution in [0.5, 0.6) is 5.75 Å². The van der Waals surface area contributed by atoms with Gasteiger partial charge in [-0.05, 0) is 60.8 Å². The van der Waals surface area contributed by atoms with Crippen LogP contribution < -0.4 is 0 Å². The van der Waals surface area contributed by atoms with Crippen LogP contribution in [0.1, 0.15) is 50.2 Å². The maximum absolute atomic E-state index is 11.5. The van der Waals surface area contributed by atoms with Gasteiger partial charge in [0.2, 0.25) is 0 Å². The van der Waals surface area contributed by atoms with Crippen LogP contribution in [0.15, 0.2) is 29.8 Å². The quantitative estimate of drug-likeness (QED) is 0.614. The second-order valence-corrected chi connectivity index (χ2v) is 7.73. The maximum Gasteiger partial charge on any atom is 0.303 e. The first-order valence-corrected chi connectivity index (χ1v) is 8.79. The number of benzene rings is 1. The molecule has 0 aliphatic heterocycles. The number of aromatic hydroxyl groups is 1. The number of hydrogen-bond donors (Lipinski definition) is 2. The summed E-state index contributed by atoms with van der Waals surface area (Å²) in [6.07, 6.45) is 4.63. The number of hydrogen-bond acceptors (Lipinski definition) is 4. The molecule has 3 aliphatic rings. The summed E-state index contributed by atoms with van der Waals surface area (Å²) in [4.78, 5) is 11.5. The van der Waals surface area contributed by atoms with E-state index in [1.807, 2.05) is 12.1 Å². The van der Waals surface area contributed by atoms with Gasteiger partial charge in [0.1, 0.15) is 18.0 Å². The van der Waals surface area contributed by atoms with Crippen molar-refractivity contribution >= 4 is 5.97 Å². The van der Waals surface area contributed by atoms with Gasteiger partial charge < -0.3 is 14.9 Å². The third kappa shape index (κ3) is 2.20. The van der Waals surface area contributed by atoms with Crippen LogP contribution in [0.3, 0.4) is 0 Å². The number of carbonyl (C=O) groups is 1. The Morgan fingerprint density at radius 2 is 2.08 bits per heavy atom. The lowest BCUT2D eigenvalue weighted by atomic mass is 9.58. The highest BCUT2D eigenvalue weighted by atomic mass is 16.6. The molecule has 4 heteroatoms. The molecule has 0 spiro atoms. The van der Waals surface area contributed by atoms with E-state index in [1.165, 1.54) is 23.6 Å². The third-order valence-electron chi connectivity index (χ3n) is 6.35. The van der Waals surface area contributed by atoms with E-state index in [-0.39, 0.29) is 11.4 Å². The van der Waals surface area contributed by atoms with E-state index in [0.29, 0.717) is 17.6 Å². The number of aliphatic hydroxyl groups is 1. The molecule has 1 fully saturated rings. The Kier molecular flexibility index (Phi) is 3.50. The van der Waals surface area contributed by atoms with Gasteiger partial charge in [0.25, 0.3) is 0 Å². The van der Waals surface area contributed by atoms with Crippen LogP contribution in [-0.4, -0.2) is 28.4 Å². The molecule has 4 nitrogen and oxygen atoms in total. The molecule has 0 bridgehead atoms. The van der Waals surface area contributed by atoms with Crippen LogP contribution in [-0.2, 0) is 16.0 Å². The zero-order chi connectivity index (χ0) is 17.1. The fraction of sp³-hybridized carbons (Fsp3) is 0.550. The van der Waals surface area contributed by atoms with Crippen molar-refractivity contribution in [3.63, 3.8) is 0 Å². The van der Waals surface area contributed by atoms with Gasteiger partial charge in [-0.1, -0.05) is 24.6 Å². The van der Waals surface area contributed by atoms with Gasteiger partial charge in [0.15, 0.2) is 0 Å². The summed E-state index contributed by atoms with van der Waals surface area (Å²) in [5, 5.41) is 20.2. The molecule has 4 rings (SSSR count). The monoisotopic (exact) mass is 328 g/mol. The van der Waals surface area contributed by atoms with Gasteiger partial charge in [0.05, 0.1) is 0 Å². The number of carbonyl (C=O) groups excluding carboxylic acids is 1. The summed E-state index contributed by atoms with van der Waals surface area (Å²) in [6, 6.07) is 5.72. The van der Waals surface area contributed by atoms with E-state index >= 15 is 0 Å². The molecule has 0 aromatic heterocycles. The molecule has 24 heavy (non-hydrogen) atoms. The van der Waals surface area contributed by atoms with Crippen LogP contribution in [0.2, 0.25) is 0 Å². The van der Waals surface area contributed by atoms with Crippen molar-refractivity contribution in [2.24, 2.45) is 11.3 Å². The maximum atomic E-state index is 11.5. The predicted octanol–water partition coefficient (Wildman–Crippen LogP) is 3.07. The van der Waals surface area contributed by atoms with Gasteiger partial charge in [-0.15, -0.1) is 0 Å². The zero-order valence-corrected chi connectivity index (χ0v) is 14.2. The second kappa shape index (κ2) is 5.35. The Hall–Kier alpha value is -1.81. The molecule has 2 N–H and O–H groups in total. The van der Waals surface area contributed by atoms with Gasteiger partial charge in [-0.2, -0.15) is 0 Å². The number of ether oxygens (including phenoxy) is 1. The molecule has 0 unspecified atom stereocenters. The molecule has 0 amide bonds. The lowest BCUT2D eigenvalue weighted by molar-refractivity contribution is -0.157. The third-order valence-corrected chi connectivity index (χ3v) is 6.35. The van der Waals surface area contributed by atoms with E-state index in [1.54, 1.807) is 6.07 Å². The van der Waals surface area contributed by atoms with Gasteiger partial charge >= 0.3 is 5.97 Å². The number of phenols is 1. The molecule has 0 radical (unpaired) electrons. The molecular weight excluding hydrogens is 304 g/mol. The summed E-state index contributed by atoms with van der Waals surface area (Å²) in [5.74, 6) is 0.813. The van der Waals surface area contributed by atoms with E-state index in [2.05, 4.69) is 13.0 Å². The van der Waals surface area contributed by atoms with Crippen molar-refractivity contribution in [2.45, 2.75) is 57.7 Å². The Morgan fingerprint density at radius 3 is 2.83 bits per heavy atom. The molecule has 0 heterocycles. The largest absolute Gasteiger partial charge is 0.508 e. The van der Waals surface area contributed by atoms with E-state index in [0.717, 1.165) is 25.7 Å². The van der Waals surface area contributed by atoms with Crippen LogP contribution in [0, 0.1) is 11.3 Å². The molecule has 128 valence electrons. The molecule has 1 aromatic rings. The highest BCUT2D eigenvalue weighted by Crippen LogP contribution is 2.59. The summed E-state index contributed by atoms with van der Waals surface area (Å²) >= 11 is 0. The van der Waals surface area contributed by atoms with Crippen LogP contribution in [0.4, 0.5) is 0 Å². The number of aryl methyl sites for hydroxylation is 1. The average Bonchev–Trinajstić information content (AvgIpc) is 2.78. The smallest absolute Gasteiger partial charge is 0.303 e. The summed E-state index contributed by atoms with van der Waals surface area (Å²) in [6.45, 7) is 3.54. The molecule has 5 atom stereocenters. The zero-order valence-electron chi connectivity index (χ0n) is 14.2. The molecular formula is C20H24O4. The number of fused-ring (bicyclic) bond motifs is 5. The standard InChI is InChI=1S/C20H24O4/c1-11(21)24-19-18(23)10-17-16-5-3-12-9-13(22)4-6-14(12)15(16)7-8-20(17,19)2/h4,6,9-10,15-16,18-19,22-23H,3,5,7-8H2,1-2H3/t15-,16-,18-,19+,20+/m1/s1. The average molecular weight is 328 g/mol. The molecule has 0 saturated heterocycles. The Bertz CT molecular complexity index is 722. The number of rotatable bonds is 1. The minimum Gasteiger partial charge on any atom is -0.508 e. The molecule has 1 aromatic carbocycles. The Morgan fingerprint density at radius 1 is 1.29 bits per heavy atom. The Labute approximate surface area is 142 Å². The fourth-order valence-corrected chi connectivity index (χ4v) is 5.30. The first-order valence-electron chi connectivity index (χ1n) is 8.79. The van der Waals surface area contributed by atoms with Crippen molar-refractivity contribution in [3.8, 4) is 5.75 Å². The first kappa shape index (κ1) is 15.7. The SMILES string of the molecule is CC(=O)O[C@H]1[C@H](O)C=C2[C@@H]3CCc4cc(O)ccc4[C@H]3CC[C@@]21C. The van der Waals surface area contributed by atoms with Crippen molar-refractivity contribution in [3.05, 3.63) is 41.0 Å². The van der Waals surface area contributed by atoms with Crippen molar-refractivity contribution in [2.75, 3.05) is 0 Å². The summed E-state index contributed by atoms with van der Waals surface area (Å²) in [5.41, 5.74) is 3.57. The lowest BCUT2D eigenvalue weighted by Gasteiger charge is -2.47. The number of esters is 1. The van der Waals surface area contributed by atoms with E-state index in [9.17, 15) is 15.0 Å². The highest BCUT2D eigenvalue weighted by Gasteiger charge is 2.54. The molecule has 3 aliphatic carbocycles. The van der Waals surface area contributed by atoms with E-state index < -0.39 is 12.2 Å². The topological polar surface area (TPSA) is 66.8 Å². The second-order valence-electron chi connectivity index (χ2n) is 7.73. The van der Waals surface area contributed by atoms with Crippen LogP contribution >= 0.6 is 0 Å². The van der Waals surface area contributed by atoms with Gasteiger partial charge in [-0.25, -0.2) is 0 Å². The predicted molar refractivity (Wildman–Crippen MR) is 89.6 cm³/mol. The summed E-state index contributed by atoms with van der Waals surface area (Å²) < 4.78 is 5.49. The lowest BCUT2D eigenvalue weighted by Crippen LogP contribution is -2.44. The minimum atomic E-state index is -0.714. The van der Waals surface area contributed by atoms with Crippen molar-refractivity contribution < 1.29 is 19.7 Å². The number of aliphatic hydroxyl groups excluding tert-OH is 1. The van der Waals surface area contributed by atoms with Gasteiger partial charge in [0, 0.05) is 12.3 Å². The normalized spacial score (nSPS) is 37.0. The first-order chi connectivity index (χ1) is 11.4. The van der Waals surface area contributed by atoms with E-state index in [4.69, 9.17) is 4.74 Å². The van der Waals surface area contributed by atoms with Crippen molar-refractivity contribution in [1.82, 2.24) is 0 Å². The van der Waals surface area contributed by atoms with Gasteiger partial charge in [-0.3, -0.25) is 4.79 Å². The Balaban J connectivity index is 1.69. The molecule has 1 saturated carbocycles. The van der Waals surface area contributed by atoms with Crippen LogP contribution in [0.25, 0.3) is 0 Å². The summed E-state index contributed by atoms with van der Waals surface area (Å²) in [7, 11) is 0. The van der Waals surface area contributed by atoms with Crippen molar-refractivity contribution in [1.29, 1.82) is 0 Å². The minimum absolute atomic E-state index is 0.263. The number of phenolic OH excluding ortho intramolecular Hbond substituents is 1.